The lowest BCUT2D eigenvalue weighted by Crippen LogP contribution is -2.15. The Hall–Kier alpha value is -2.05. The van der Waals surface area contributed by atoms with Crippen LogP contribution in [-0.2, 0) is 9.53 Å². The van der Waals surface area contributed by atoms with Crippen molar-refractivity contribution in [2.75, 3.05) is 7.11 Å². The minimum atomic E-state index is -1.56. The number of esters is 2. The van der Waals surface area contributed by atoms with Crippen molar-refractivity contribution in [3.05, 3.63) is 29.1 Å². The van der Waals surface area contributed by atoms with Crippen molar-refractivity contribution in [3.8, 4) is 5.75 Å². The van der Waals surface area contributed by atoms with Gasteiger partial charge in [-0.1, -0.05) is 6.92 Å². The second-order valence-electron chi connectivity index (χ2n) is 3.58. The molecular weight excluding hydrogens is 265 g/mol. The number of ether oxygens (including phenoxy) is 2. The number of rotatable bonds is 4. The number of methoxy groups -OCH3 is 1. The van der Waals surface area contributed by atoms with Crippen LogP contribution in [0.5, 0.6) is 5.75 Å². The minimum Gasteiger partial charge on any atom is -0.491 e. The molecule has 0 spiro atoms. The lowest BCUT2D eigenvalue weighted by atomic mass is 10.2. The first kappa shape index (κ1) is 15.0. The van der Waals surface area contributed by atoms with Gasteiger partial charge in [0.1, 0.15) is 5.56 Å². The maximum Gasteiger partial charge on any atom is 0.349 e. The van der Waals surface area contributed by atoms with Gasteiger partial charge in [0.25, 0.3) is 0 Å². The van der Waals surface area contributed by atoms with E-state index < -0.39 is 40.7 Å². The van der Waals surface area contributed by atoms with E-state index in [1.165, 1.54) is 0 Å². The molecule has 19 heavy (non-hydrogen) atoms. The van der Waals surface area contributed by atoms with E-state index in [1.54, 1.807) is 6.92 Å². The summed E-state index contributed by atoms with van der Waals surface area (Å²) in [5.74, 6) is -7.78. The Balaban J connectivity index is 3.10. The van der Waals surface area contributed by atoms with Gasteiger partial charge in [-0.25, -0.2) is 13.6 Å². The van der Waals surface area contributed by atoms with Gasteiger partial charge in [0, 0.05) is 6.42 Å². The molecule has 7 heteroatoms. The van der Waals surface area contributed by atoms with Gasteiger partial charge in [0.15, 0.2) is 17.4 Å². The van der Waals surface area contributed by atoms with Crippen molar-refractivity contribution in [1.82, 2.24) is 0 Å². The highest BCUT2D eigenvalue weighted by Gasteiger charge is 2.25. The largest absolute Gasteiger partial charge is 0.491 e. The van der Waals surface area contributed by atoms with E-state index in [9.17, 15) is 22.8 Å². The molecule has 0 N–H and O–H groups in total. The number of carbonyl (C=O) groups excluding carboxylic acids is 2. The van der Waals surface area contributed by atoms with Crippen LogP contribution < -0.4 is 4.74 Å². The van der Waals surface area contributed by atoms with Crippen molar-refractivity contribution < 1.29 is 32.2 Å². The number of hydrogen-bond donors (Lipinski definition) is 0. The van der Waals surface area contributed by atoms with Gasteiger partial charge in [-0.15, -0.1) is 0 Å². The summed E-state index contributed by atoms with van der Waals surface area (Å²) in [6.07, 6.45) is 0.379. The molecule has 0 aliphatic carbocycles. The summed E-state index contributed by atoms with van der Waals surface area (Å²) in [5, 5.41) is 0. The molecule has 104 valence electrons. The van der Waals surface area contributed by atoms with Crippen molar-refractivity contribution in [2.45, 2.75) is 19.8 Å². The lowest BCUT2D eigenvalue weighted by molar-refractivity contribution is -0.138. The van der Waals surface area contributed by atoms with E-state index in [-0.39, 0.29) is 6.42 Å². The van der Waals surface area contributed by atoms with E-state index in [0.29, 0.717) is 12.5 Å². The van der Waals surface area contributed by atoms with Gasteiger partial charge in [-0.3, -0.25) is 4.79 Å². The molecule has 0 aliphatic heterocycles. The van der Waals surface area contributed by atoms with Gasteiger partial charge in [0.05, 0.1) is 7.11 Å². The summed E-state index contributed by atoms with van der Waals surface area (Å²) < 4.78 is 48.5. The smallest absolute Gasteiger partial charge is 0.349 e. The fourth-order valence-corrected chi connectivity index (χ4v) is 1.32. The molecule has 0 atom stereocenters. The van der Waals surface area contributed by atoms with Crippen LogP contribution in [0.15, 0.2) is 6.07 Å². The first-order valence-corrected chi connectivity index (χ1v) is 5.38. The van der Waals surface area contributed by atoms with Crippen molar-refractivity contribution in [3.63, 3.8) is 0 Å². The summed E-state index contributed by atoms with van der Waals surface area (Å²) in [6, 6.07) is 0.314. The van der Waals surface area contributed by atoms with E-state index >= 15 is 0 Å². The number of halogens is 3. The average Bonchev–Trinajstić information content (AvgIpc) is 2.34. The highest BCUT2D eigenvalue weighted by atomic mass is 19.2. The molecule has 0 amide bonds. The van der Waals surface area contributed by atoms with Crippen LogP contribution in [0, 0.1) is 17.5 Å². The van der Waals surface area contributed by atoms with Crippen LogP contribution in [0.4, 0.5) is 13.2 Å². The number of benzene rings is 1. The Kier molecular flexibility index (Phi) is 4.91. The summed E-state index contributed by atoms with van der Waals surface area (Å²) in [7, 11) is 0.915. The van der Waals surface area contributed by atoms with Crippen LogP contribution in [0.1, 0.15) is 30.1 Å². The predicted octanol–water partition coefficient (Wildman–Crippen LogP) is 2.60. The SMILES string of the molecule is CCCC(=O)OC(=O)c1cc(F)c(F)c(OC)c1F. The molecule has 0 aromatic heterocycles. The predicted molar refractivity (Wildman–Crippen MR) is 58.2 cm³/mol. The topological polar surface area (TPSA) is 52.6 Å². The Morgan fingerprint density at radius 3 is 2.37 bits per heavy atom. The van der Waals surface area contributed by atoms with Crippen LogP contribution in [-0.4, -0.2) is 19.0 Å². The van der Waals surface area contributed by atoms with Crippen molar-refractivity contribution in [1.29, 1.82) is 0 Å². The molecule has 0 unspecified atom stereocenters. The zero-order chi connectivity index (χ0) is 14.6. The van der Waals surface area contributed by atoms with Gasteiger partial charge >= 0.3 is 11.9 Å². The molecule has 0 saturated carbocycles. The number of hydrogen-bond acceptors (Lipinski definition) is 4. The average molecular weight is 276 g/mol. The molecular formula is C12H11F3O4. The molecule has 0 radical (unpaired) electrons. The summed E-state index contributed by atoms with van der Waals surface area (Å²) in [5.41, 5.74) is -0.903. The quantitative estimate of drug-likeness (QED) is 0.482. The molecule has 0 aliphatic rings. The maximum absolute atomic E-state index is 13.7. The normalized spacial score (nSPS) is 10.2. The molecule has 1 aromatic rings. The van der Waals surface area contributed by atoms with E-state index in [0.717, 1.165) is 7.11 Å². The standard InChI is InChI=1S/C12H11F3O4/c1-3-4-8(16)19-12(17)6-5-7(13)10(15)11(18-2)9(6)14/h5H,3-4H2,1-2H3. The van der Waals surface area contributed by atoms with E-state index in [2.05, 4.69) is 9.47 Å². The fourth-order valence-electron chi connectivity index (χ4n) is 1.32. The third kappa shape index (κ3) is 3.24. The molecule has 0 heterocycles. The Morgan fingerprint density at radius 1 is 1.21 bits per heavy atom. The van der Waals surface area contributed by atoms with Crippen LogP contribution in [0.3, 0.4) is 0 Å². The fraction of sp³-hybridized carbons (Fsp3) is 0.333. The van der Waals surface area contributed by atoms with Crippen LogP contribution >= 0.6 is 0 Å². The Labute approximate surface area is 107 Å². The molecule has 0 bridgehead atoms. The molecule has 1 aromatic carbocycles. The zero-order valence-corrected chi connectivity index (χ0v) is 10.3. The number of carbonyl (C=O) groups is 2. The molecule has 4 nitrogen and oxygen atoms in total. The molecule has 0 fully saturated rings. The first-order valence-electron chi connectivity index (χ1n) is 5.38. The second-order valence-corrected chi connectivity index (χ2v) is 3.58. The van der Waals surface area contributed by atoms with Gasteiger partial charge in [-0.05, 0) is 12.5 Å². The maximum atomic E-state index is 13.7. The summed E-state index contributed by atoms with van der Waals surface area (Å²) in [4.78, 5) is 22.5. The molecule has 1 rings (SSSR count). The van der Waals surface area contributed by atoms with E-state index in [4.69, 9.17) is 0 Å². The van der Waals surface area contributed by atoms with Crippen molar-refractivity contribution >= 4 is 11.9 Å². The Bertz CT molecular complexity index is 514. The summed E-state index contributed by atoms with van der Waals surface area (Å²) in [6.45, 7) is 1.67. The van der Waals surface area contributed by atoms with Gasteiger partial charge in [-0.2, -0.15) is 4.39 Å². The van der Waals surface area contributed by atoms with Crippen LogP contribution in [0.2, 0.25) is 0 Å². The van der Waals surface area contributed by atoms with Crippen LogP contribution in [0.25, 0.3) is 0 Å². The molecule has 0 saturated heterocycles. The van der Waals surface area contributed by atoms with Gasteiger partial charge < -0.3 is 9.47 Å². The first-order chi connectivity index (χ1) is 8.92. The van der Waals surface area contributed by atoms with E-state index in [1.807, 2.05) is 0 Å². The second kappa shape index (κ2) is 6.21. The monoisotopic (exact) mass is 276 g/mol. The third-order valence-electron chi connectivity index (χ3n) is 2.20. The summed E-state index contributed by atoms with van der Waals surface area (Å²) >= 11 is 0. The minimum absolute atomic E-state index is 0.0474. The van der Waals surface area contributed by atoms with Crippen molar-refractivity contribution in [2.24, 2.45) is 0 Å². The van der Waals surface area contributed by atoms with Gasteiger partial charge in [0.2, 0.25) is 5.82 Å². The third-order valence-corrected chi connectivity index (χ3v) is 2.20. The highest BCUT2D eigenvalue weighted by Crippen LogP contribution is 2.27. The zero-order valence-electron chi connectivity index (χ0n) is 10.3. The Morgan fingerprint density at radius 2 is 1.84 bits per heavy atom. The lowest BCUT2D eigenvalue weighted by Gasteiger charge is -2.08. The highest BCUT2D eigenvalue weighted by molar-refractivity contribution is 5.97.